The van der Waals surface area contributed by atoms with Crippen LogP contribution in [-0.4, -0.2) is 66.4 Å². The Labute approximate surface area is 135 Å². The molecule has 2 saturated heterocycles. The molecule has 1 N–H and O–H groups in total. The maximum absolute atomic E-state index is 12.5. The minimum absolute atomic E-state index is 0.0624. The largest absolute Gasteiger partial charge is 0.493 e. The molecule has 0 bridgehead atoms. The number of aromatic nitrogens is 1. The number of hydrogen-bond acceptors (Lipinski definition) is 5. The lowest BCUT2D eigenvalue weighted by Crippen LogP contribution is -2.58. The molecule has 3 heterocycles. The number of anilines is 1. The molecular formula is C16H22N4O3. The first-order valence-electron chi connectivity index (χ1n) is 7.78. The summed E-state index contributed by atoms with van der Waals surface area (Å²) in [6.45, 7) is 4.10. The van der Waals surface area contributed by atoms with Crippen molar-refractivity contribution in [2.75, 3.05) is 39.1 Å². The first-order chi connectivity index (χ1) is 11.0. The fourth-order valence-electron chi connectivity index (χ4n) is 3.14. The second-order valence-corrected chi connectivity index (χ2v) is 6.31. The van der Waals surface area contributed by atoms with Crippen molar-refractivity contribution in [2.45, 2.75) is 19.4 Å². The van der Waals surface area contributed by atoms with Gasteiger partial charge in [0.1, 0.15) is 0 Å². The molecule has 23 heavy (non-hydrogen) atoms. The van der Waals surface area contributed by atoms with E-state index in [2.05, 4.69) is 15.2 Å². The lowest BCUT2D eigenvalue weighted by atomic mass is 10.1. The predicted molar refractivity (Wildman–Crippen MR) is 85.3 cm³/mol. The molecule has 3 rings (SSSR count). The van der Waals surface area contributed by atoms with Crippen molar-refractivity contribution in [1.29, 1.82) is 0 Å². The summed E-state index contributed by atoms with van der Waals surface area (Å²) in [5.41, 5.74) is 0.794. The van der Waals surface area contributed by atoms with Crippen LogP contribution in [0.2, 0.25) is 0 Å². The molecule has 0 spiro atoms. The summed E-state index contributed by atoms with van der Waals surface area (Å²) in [5.74, 6) is 0.482. The van der Waals surface area contributed by atoms with Crippen molar-refractivity contribution in [1.82, 2.24) is 14.8 Å². The third-order valence-electron chi connectivity index (χ3n) is 4.47. The zero-order chi connectivity index (χ0) is 16.6. The molecule has 2 fully saturated rings. The van der Waals surface area contributed by atoms with Crippen LogP contribution >= 0.6 is 0 Å². The van der Waals surface area contributed by atoms with E-state index in [0.717, 1.165) is 18.8 Å². The topological polar surface area (TPSA) is 74.8 Å². The normalized spacial score (nSPS) is 22.1. The number of likely N-dealkylation sites (N-methyl/N-ethyl adjacent to an activating group) is 1. The van der Waals surface area contributed by atoms with E-state index in [1.54, 1.807) is 6.07 Å². The summed E-state index contributed by atoms with van der Waals surface area (Å²) >= 11 is 0. The van der Waals surface area contributed by atoms with E-state index in [0.29, 0.717) is 18.1 Å². The number of carbonyl (C=O) groups is 2. The Morgan fingerprint density at radius 3 is 2.74 bits per heavy atom. The van der Waals surface area contributed by atoms with Gasteiger partial charge in [0.15, 0.2) is 11.6 Å². The van der Waals surface area contributed by atoms with Crippen molar-refractivity contribution < 1.29 is 14.3 Å². The summed E-state index contributed by atoms with van der Waals surface area (Å²) in [6, 6.07) is 3.84. The Morgan fingerprint density at radius 1 is 1.35 bits per heavy atom. The number of pyridine rings is 1. The monoisotopic (exact) mass is 318 g/mol. The van der Waals surface area contributed by atoms with Crippen LogP contribution in [0.3, 0.4) is 0 Å². The summed E-state index contributed by atoms with van der Waals surface area (Å²) in [5, 5.41) is 2.80. The van der Waals surface area contributed by atoms with Gasteiger partial charge in [0.2, 0.25) is 11.8 Å². The second-order valence-electron chi connectivity index (χ2n) is 6.31. The maximum Gasteiger partial charge on any atom is 0.231 e. The third kappa shape index (κ3) is 3.14. The molecule has 2 aliphatic rings. The Hall–Kier alpha value is -2.15. The van der Waals surface area contributed by atoms with E-state index in [4.69, 9.17) is 4.74 Å². The van der Waals surface area contributed by atoms with Gasteiger partial charge in [0.05, 0.1) is 19.1 Å². The highest BCUT2D eigenvalue weighted by atomic mass is 16.5. The van der Waals surface area contributed by atoms with Crippen LogP contribution in [0.15, 0.2) is 12.1 Å². The lowest BCUT2D eigenvalue weighted by Gasteiger charge is -2.42. The molecule has 0 aliphatic carbocycles. The molecular weight excluding hydrogens is 296 g/mol. The van der Waals surface area contributed by atoms with Gasteiger partial charge < -0.3 is 19.9 Å². The number of ether oxygens (including phenoxy) is 1. The average Bonchev–Trinajstić information content (AvgIpc) is 2.86. The van der Waals surface area contributed by atoms with E-state index in [-0.39, 0.29) is 30.2 Å². The summed E-state index contributed by atoms with van der Waals surface area (Å²) in [7, 11) is 3.56. The van der Waals surface area contributed by atoms with Gasteiger partial charge >= 0.3 is 0 Å². The third-order valence-corrected chi connectivity index (χ3v) is 4.47. The van der Waals surface area contributed by atoms with Gasteiger partial charge in [-0.15, -0.1) is 0 Å². The lowest BCUT2D eigenvalue weighted by molar-refractivity contribution is -0.132. The maximum atomic E-state index is 12.5. The fraction of sp³-hybridized carbons (Fsp3) is 0.562. The summed E-state index contributed by atoms with van der Waals surface area (Å²) in [4.78, 5) is 32.9. The van der Waals surface area contributed by atoms with Crippen LogP contribution < -0.4 is 10.1 Å². The molecule has 7 nitrogen and oxygen atoms in total. The summed E-state index contributed by atoms with van der Waals surface area (Å²) in [6.07, 6.45) is 0.264. The predicted octanol–water partition coefficient (Wildman–Crippen LogP) is 0.500. The first kappa shape index (κ1) is 15.7. The molecule has 0 saturated carbocycles. The Kier molecular flexibility index (Phi) is 4.21. The van der Waals surface area contributed by atoms with Crippen LogP contribution in [0.5, 0.6) is 5.75 Å². The van der Waals surface area contributed by atoms with Crippen LogP contribution in [0.25, 0.3) is 0 Å². The van der Waals surface area contributed by atoms with E-state index < -0.39 is 0 Å². The quantitative estimate of drug-likeness (QED) is 0.875. The van der Waals surface area contributed by atoms with Crippen molar-refractivity contribution in [3.8, 4) is 5.75 Å². The minimum atomic E-state index is -0.333. The molecule has 1 aromatic rings. The number of likely N-dealkylation sites (tertiary alicyclic amines) is 2. The molecule has 124 valence electrons. The van der Waals surface area contributed by atoms with Crippen molar-refractivity contribution in [3.05, 3.63) is 17.8 Å². The number of amides is 2. The number of aryl methyl sites for hydroxylation is 1. The number of hydrogen-bond donors (Lipinski definition) is 1. The van der Waals surface area contributed by atoms with Gasteiger partial charge in [-0.2, -0.15) is 0 Å². The standard InChI is InChI=1S/C16H22N4O3/c1-10-4-5-13(23-3)15(17-10)18-16(22)11-6-14(21)20(7-11)12-8-19(2)9-12/h4-5,11-12H,6-9H2,1-3H3,(H,17,18,22). The van der Waals surface area contributed by atoms with Crippen LogP contribution in [0.1, 0.15) is 12.1 Å². The zero-order valence-corrected chi connectivity index (χ0v) is 13.7. The number of rotatable bonds is 4. The van der Waals surface area contributed by atoms with Gasteiger partial charge in [-0.1, -0.05) is 0 Å². The highest BCUT2D eigenvalue weighted by Gasteiger charge is 2.41. The molecule has 7 heteroatoms. The van der Waals surface area contributed by atoms with Crippen molar-refractivity contribution in [2.24, 2.45) is 5.92 Å². The Morgan fingerprint density at radius 2 is 2.09 bits per heavy atom. The summed E-state index contributed by atoms with van der Waals surface area (Å²) < 4.78 is 5.22. The molecule has 1 aromatic heterocycles. The van der Waals surface area contributed by atoms with Crippen LogP contribution in [-0.2, 0) is 9.59 Å². The Balaban J connectivity index is 1.65. The number of nitrogens with one attached hydrogen (secondary N) is 1. The SMILES string of the molecule is COc1ccc(C)nc1NC(=O)C1CC(=O)N(C2CN(C)C2)C1. The van der Waals surface area contributed by atoms with E-state index >= 15 is 0 Å². The second kappa shape index (κ2) is 6.16. The van der Waals surface area contributed by atoms with Crippen LogP contribution in [0.4, 0.5) is 5.82 Å². The fourth-order valence-corrected chi connectivity index (χ4v) is 3.14. The first-order valence-corrected chi connectivity index (χ1v) is 7.78. The Bertz CT molecular complexity index is 628. The van der Waals surface area contributed by atoms with E-state index in [1.807, 2.05) is 24.9 Å². The van der Waals surface area contributed by atoms with Gasteiger partial charge in [-0.3, -0.25) is 9.59 Å². The number of nitrogens with zero attached hydrogens (tertiary/aromatic N) is 3. The molecule has 1 atom stereocenters. The highest BCUT2D eigenvalue weighted by molar-refractivity contribution is 5.97. The van der Waals surface area contributed by atoms with Gasteiger partial charge in [-0.05, 0) is 26.1 Å². The molecule has 1 unspecified atom stereocenters. The molecule has 0 aromatic carbocycles. The minimum Gasteiger partial charge on any atom is -0.493 e. The van der Waals surface area contributed by atoms with E-state index in [9.17, 15) is 9.59 Å². The zero-order valence-electron chi connectivity index (χ0n) is 13.7. The number of methoxy groups -OCH3 is 1. The van der Waals surface area contributed by atoms with Crippen LogP contribution in [0, 0.1) is 12.8 Å². The van der Waals surface area contributed by atoms with Crippen molar-refractivity contribution in [3.63, 3.8) is 0 Å². The molecule has 2 aliphatic heterocycles. The van der Waals surface area contributed by atoms with E-state index in [1.165, 1.54) is 7.11 Å². The van der Waals surface area contributed by atoms with Gasteiger partial charge in [0, 0.05) is 31.7 Å². The highest BCUT2D eigenvalue weighted by Crippen LogP contribution is 2.27. The average molecular weight is 318 g/mol. The van der Waals surface area contributed by atoms with Gasteiger partial charge in [0.25, 0.3) is 0 Å². The van der Waals surface area contributed by atoms with Gasteiger partial charge in [-0.25, -0.2) is 4.98 Å². The smallest absolute Gasteiger partial charge is 0.231 e. The molecule has 2 amide bonds. The van der Waals surface area contributed by atoms with Crippen molar-refractivity contribution >= 4 is 17.6 Å². The number of carbonyl (C=O) groups excluding carboxylic acids is 2. The molecule has 0 radical (unpaired) electrons.